The van der Waals surface area contributed by atoms with Crippen molar-refractivity contribution in [3.8, 4) is 0 Å². The van der Waals surface area contributed by atoms with Gasteiger partial charge in [0, 0.05) is 19.0 Å². The fourth-order valence-corrected chi connectivity index (χ4v) is 7.08. The lowest BCUT2D eigenvalue weighted by atomic mass is 9.55. The van der Waals surface area contributed by atoms with Gasteiger partial charge in [0.15, 0.2) is 0 Å². The van der Waals surface area contributed by atoms with E-state index in [1.54, 1.807) is 0 Å². The van der Waals surface area contributed by atoms with E-state index in [1.165, 1.54) is 122 Å². The van der Waals surface area contributed by atoms with Crippen LogP contribution >= 0.6 is 0 Å². The highest BCUT2D eigenvalue weighted by Crippen LogP contribution is 2.55. The van der Waals surface area contributed by atoms with Crippen molar-refractivity contribution in [3.63, 3.8) is 0 Å². The molecule has 200 valence electrons. The van der Waals surface area contributed by atoms with Crippen molar-refractivity contribution in [3.05, 3.63) is 0 Å². The van der Waals surface area contributed by atoms with Crippen LogP contribution < -0.4 is 0 Å². The molecule has 0 aromatic heterocycles. The molecule has 2 unspecified atom stereocenters. The summed E-state index contributed by atoms with van der Waals surface area (Å²) in [5, 5.41) is 0. The number of hydrogen-bond donors (Lipinski definition) is 0. The van der Waals surface area contributed by atoms with Crippen LogP contribution in [0.25, 0.3) is 0 Å². The maximum Gasteiger partial charge on any atom is 0.225 e. The van der Waals surface area contributed by atoms with E-state index in [9.17, 15) is 4.79 Å². The largest absolute Gasteiger partial charge is 0.342 e. The molecule has 1 amide bonds. The molecule has 0 radical (unpaired) electrons. The van der Waals surface area contributed by atoms with Crippen molar-refractivity contribution in [1.82, 2.24) is 4.90 Å². The predicted octanol–water partition coefficient (Wildman–Crippen LogP) is 9.95. The zero-order valence-corrected chi connectivity index (χ0v) is 23.9. The SMILES string of the molecule is CCCCCCC(CCCCC)C(=O)N1CCC2(CC1)CC(CC(CCCC)CCCCC)C2. The zero-order valence-electron chi connectivity index (χ0n) is 23.9. The first kappa shape index (κ1) is 29.7. The van der Waals surface area contributed by atoms with Gasteiger partial charge in [-0.3, -0.25) is 4.79 Å². The van der Waals surface area contributed by atoms with Gasteiger partial charge in [-0.1, -0.05) is 118 Å². The molecule has 34 heavy (non-hydrogen) atoms. The molecule has 2 rings (SSSR count). The van der Waals surface area contributed by atoms with E-state index in [1.807, 2.05) is 0 Å². The standard InChI is InChI=1S/C32H61NO/c1-5-9-13-16-20-30(19-15-11-7-3)31(34)33-23-21-32(22-24-33)26-29(27-32)25-28(17-12-8-4)18-14-10-6-2/h28-30H,5-27H2,1-4H3. The molecule has 2 aliphatic rings. The van der Waals surface area contributed by atoms with E-state index >= 15 is 0 Å². The lowest BCUT2D eigenvalue weighted by molar-refractivity contribution is -0.140. The van der Waals surface area contributed by atoms with Gasteiger partial charge in [-0.15, -0.1) is 0 Å². The van der Waals surface area contributed by atoms with Gasteiger partial charge >= 0.3 is 0 Å². The zero-order chi connectivity index (χ0) is 24.7. The van der Waals surface area contributed by atoms with Gasteiger partial charge < -0.3 is 4.90 Å². The minimum atomic E-state index is 0.300. The third-order valence-electron chi connectivity index (χ3n) is 9.34. The molecule has 1 saturated heterocycles. The van der Waals surface area contributed by atoms with Crippen molar-refractivity contribution in [2.24, 2.45) is 23.2 Å². The second kappa shape index (κ2) is 17.0. The van der Waals surface area contributed by atoms with Crippen molar-refractivity contribution < 1.29 is 4.79 Å². The van der Waals surface area contributed by atoms with Crippen molar-refractivity contribution in [2.45, 2.75) is 163 Å². The first-order chi connectivity index (χ1) is 16.6. The van der Waals surface area contributed by atoms with Crippen LogP contribution in [0.2, 0.25) is 0 Å². The minimum absolute atomic E-state index is 0.300. The summed E-state index contributed by atoms with van der Waals surface area (Å²) in [7, 11) is 0. The number of hydrogen-bond acceptors (Lipinski definition) is 1. The molecule has 1 heterocycles. The Kier molecular flexibility index (Phi) is 14.9. The molecular formula is C32H61NO. The normalized spacial score (nSPS) is 19.8. The smallest absolute Gasteiger partial charge is 0.225 e. The van der Waals surface area contributed by atoms with Crippen LogP contribution in [-0.2, 0) is 4.79 Å². The topological polar surface area (TPSA) is 20.3 Å². The van der Waals surface area contributed by atoms with Crippen LogP contribution in [0.15, 0.2) is 0 Å². The Morgan fingerprint density at radius 3 is 1.79 bits per heavy atom. The molecule has 2 heteroatoms. The van der Waals surface area contributed by atoms with E-state index in [2.05, 4.69) is 32.6 Å². The second-order valence-corrected chi connectivity index (χ2v) is 12.4. The van der Waals surface area contributed by atoms with Gasteiger partial charge in [0.05, 0.1) is 0 Å². The predicted molar refractivity (Wildman–Crippen MR) is 149 cm³/mol. The molecule has 1 spiro atoms. The van der Waals surface area contributed by atoms with E-state index < -0.39 is 0 Å². The fourth-order valence-electron chi connectivity index (χ4n) is 7.08. The summed E-state index contributed by atoms with van der Waals surface area (Å²) in [6, 6.07) is 0. The van der Waals surface area contributed by atoms with Gasteiger partial charge in [0.1, 0.15) is 0 Å². The quantitative estimate of drug-likeness (QED) is 0.170. The van der Waals surface area contributed by atoms with E-state index in [4.69, 9.17) is 0 Å². The molecule has 0 aromatic rings. The summed E-state index contributed by atoms with van der Waals surface area (Å²) < 4.78 is 0. The molecule has 2 fully saturated rings. The molecular weight excluding hydrogens is 414 g/mol. The van der Waals surface area contributed by atoms with Crippen LogP contribution in [0.1, 0.15) is 163 Å². The molecule has 0 aromatic carbocycles. The summed E-state index contributed by atoms with van der Waals surface area (Å²) in [6.45, 7) is 11.3. The van der Waals surface area contributed by atoms with Crippen LogP contribution in [0.3, 0.4) is 0 Å². The van der Waals surface area contributed by atoms with Crippen LogP contribution in [-0.4, -0.2) is 23.9 Å². The van der Waals surface area contributed by atoms with Crippen LogP contribution in [0, 0.1) is 23.2 Å². The van der Waals surface area contributed by atoms with Gasteiger partial charge in [0.25, 0.3) is 0 Å². The number of rotatable bonds is 19. The Morgan fingerprint density at radius 1 is 0.706 bits per heavy atom. The highest BCUT2D eigenvalue weighted by molar-refractivity contribution is 5.79. The first-order valence-corrected chi connectivity index (χ1v) is 15.9. The Morgan fingerprint density at radius 2 is 1.21 bits per heavy atom. The molecule has 2 nitrogen and oxygen atoms in total. The van der Waals surface area contributed by atoms with Crippen LogP contribution in [0.5, 0.6) is 0 Å². The molecule has 1 aliphatic heterocycles. The highest BCUT2D eigenvalue weighted by Gasteiger charge is 2.46. The fraction of sp³-hybridized carbons (Fsp3) is 0.969. The summed E-state index contributed by atoms with van der Waals surface area (Å²) in [5.74, 6) is 2.76. The average molecular weight is 476 g/mol. The Bertz CT molecular complexity index is 513. The van der Waals surface area contributed by atoms with Gasteiger partial charge in [0.2, 0.25) is 5.91 Å². The van der Waals surface area contributed by atoms with Gasteiger partial charge in [-0.2, -0.15) is 0 Å². The number of piperidine rings is 1. The summed E-state index contributed by atoms with van der Waals surface area (Å²) in [6.07, 6.45) is 28.0. The maximum atomic E-state index is 13.4. The summed E-state index contributed by atoms with van der Waals surface area (Å²) in [4.78, 5) is 15.7. The molecule has 0 bridgehead atoms. The third-order valence-corrected chi connectivity index (χ3v) is 9.34. The van der Waals surface area contributed by atoms with E-state index in [0.29, 0.717) is 17.2 Å². The Balaban J connectivity index is 1.76. The van der Waals surface area contributed by atoms with Crippen molar-refractivity contribution in [1.29, 1.82) is 0 Å². The number of nitrogens with zero attached hydrogens (tertiary/aromatic N) is 1. The second-order valence-electron chi connectivity index (χ2n) is 12.4. The number of likely N-dealkylation sites (tertiary alicyclic amines) is 1. The summed E-state index contributed by atoms with van der Waals surface area (Å²) in [5.41, 5.74) is 0.596. The minimum Gasteiger partial charge on any atom is -0.342 e. The number of unbranched alkanes of at least 4 members (excludes halogenated alkanes) is 8. The number of carbonyl (C=O) groups excluding carboxylic acids is 1. The van der Waals surface area contributed by atoms with E-state index in [-0.39, 0.29) is 0 Å². The lowest BCUT2D eigenvalue weighted by Crippen LogP contribution is -2.50. The Hall–Kier alpha value is -0.530. The lowest BCUT2D eigenvalue weighted by Gasteiger charge is -2.53. The highest BCUT2D eigenvalue weighted by atomic mass is 16.2. The van der Waals surface area contributed by atoms with Gasteiger partial charge in [-0.05, 0) is 62.2 Å². The number of carbonyl (C=O) groups is 1. The molecule has 0 N–H and O–H groups in total. The molecule has 1 aliphatic carbocycles. The summed E-state index contributed by atoms with van der Waals surface area (Å²) >= 11 is 0. The first-order valence-electron chi connectivity index (χ1n) is 15.9. The van der Waals surface area contributed by atoms with Crippen molar-refractivity contribution in [2.75, 3.05) is 13.1 Å². The third kappa shape index (κ3) is 10.2. The molecule has 1 saturated carbocycles. The van der Waals surface area contributed by atoms with Crippen LogP contribution in [0.4, 0.5) is 0 Å². The molecule has 2 atom stereocenters. The maximum absolute atomic E-state index is 13.4. The van der Waals surface area contributed by atoms with E-state index in [0.717, 1.165) is 37.8 Å². The van der Waals surface area contributed by atoms with Crippen molar-refractivity contribution >= 4 is 5.91 Å². The average Bonchev–Trinajstić information content (AvgIpc) is 2.83. The van der Waals surface area contributed by atoms with Gasteiger partial charge in [-0.25, -0.2) is 0 Å². The number of amides is 1. The monoisotopic (exact) mass is 475 g/mol. The Labute approximate surface area is 214 Å².